The van der Waals surface area contributed by atoms with Gasteiger partial charge in [0.05, 0.1) is 5.56 Å². The van der Waals surface area contributed by atoms with Crippen LogP contribution in [0.15, 0.2) is 36.5 Å². The summed E-state index contributed by atoms with van der Waals surface area (Å²) >= 11 is 6.04. The lowest BCUT2D eigenvalue weighted by Gasteiger charge is -2.18. The number of aromatic nitrogens is 1. The number of rotatable bonds is 4. The molecule has 1 atom stereocenters. The highest BCUT2D eigenvalue weighted by molar-refractivity contribution is 6.31. The van der Waals surface area contributed by atoms with Crippen molar-refractivity contribution in [3.05, 3.63) is 58.5 Å². The molecule has 1 aromatic carbocycles. The number of pyridine rings is 1. The van der Waals surface area contributed by atoms with Gasteiger partial charge in [-0.1, -0.05) is 17.7 Å². The van der Waals surface area contributed by atoms with E-state index >= 15 is 0 Å². The summed E-state index contributed by atoms with van der Waals surface area (Å²) in [7, 11) is 0. The van der Waals surface area contributed by atoms with Crippen molar-refractivity contribution in [1.29, 1.82) is 5.26 Å². The first kappa shape index (κ1) is 18.5. The van der Waals surface area contributed by atoms with Gasteiger partial charge in [0.2, 0.25) is 0 Å². The third kappa shape index (κ3) is 4.35. The number of hydrogen-bond acceptors (Lipinski definition) is 4. The molecule has 0 unspecified atom stereocenters. The van der Waals surface area contributed by atoms with Gasteiger partial charge in [-0.2, -0.15) is 5.26 Å². The van der Waals surface area contributed by atoms with Gasteiger partial charge in [0.1, 0.15) is 17.7 Å². The summed E-state index contributed by atoms with van der Waals surface area (Å²) in [5.74, 6) is 0.561. The second-order valence-electron chi connectivity index (χ2n) is 5.57. The van der Waals surface area contributed by atoms with Crippen molar-refractivity contribution in [3.8, 4) is 6.07 Å². The smallest absolute Gasteiger partial charge is 0.128 e. The lowest BCUT2D eigenvalue weighted by molar-refractivity contribution is 0.550. The van der Waals surface area contributed by atoms with E-state index in [4.69, 9.17) is 16.9 Å². The first-order valence-corrected chi connectivity index (χ1v) is 7.82. The van der Waals surface area contributed by atoms with Crippen LogP contribution in [0.5, 0.6) is 0 Å². The summed E-state index contributed by atoms with van der Waals surface area (Å²) in [6.07, 6.45) is 2.59. The lowest BCUT2D eigenvalue weighted by atomic mass is 10.2. The number of nitrogens with one attached hydrogen (secondary N) is 1. The van der Waals surface area contributed by atoms with Gasteiger partial charge in [0.25, 0.3) is 0 Å². The lowest BCUT2D eigenvalue weighted by Crippen LogP contribution is -2.32. The molecule has 1 saturated heterocycles. The third-order valence-electron chi connectivity index (χ3n) is 3.99. The highest BCUT2D eigenvalue weighted by Gasteiger charge is 2.23. The zero-order valence-corrected chi connectivity index (χ0v) is 14.4. The van der Waals surface area contributed by atoms with Crippen LogP contribution < -0.4 is 10.2 Å². The molecule has 0 amide bonds. The molecule has 7 heteroatoms. The normalized spacial score (nSPS) is 16.5. The van der Waals surface area contributed by atoms with Crippen molar-refractivity contribution in [2.45, 2.75) is 19.0 Å². The summed E-state index contributed by atoms with van der Waals surface area (Å²) < 4.78 is 13.0. The van der Waals surface area contributed by atoms with Crippen molar-refractivity contribution < 1.29 is 4.39 Å². The van der Waals surface area contributed by atoms with Crippen LogP contribution in [0.1, 0.15) is 17.5 Å². The molecule has 2 aromatic rings. The fourth-order valence-corrected chi connectivity index (χ4v) is 2.93. The highest BCUT2D eigenvalue weighted by atomic mass is 35.5. The van der Waals surface area contributed by atoms with Crippen LogP contribution in [-0.2, 0) is 6.54 Å². The zero-order valence-electron chi connectivity index (χ0n) is 12.9. The molecule has 4 nitrogen and oxygen atoms in total. The van der Waals surface area contributed by atoms with E-state index in [2.05, 4.69) is 21.3 Å². The molecule has 0 radical (unpaired) electrons. The minimum atomic E-state index is -0.322. The fraction of sp³-hybridized carbons (Fsp3) is 0.294. The number of halogens is 3. The SMILES string of the molecule is Cl.N#Cc1ccc(N2CC[C@H](NCc3ccc(F)cc3Cl)C2)nc1. The molecule has 0 bridgehead atoms. The Morgan fingerprint density at radius 2 is 2.21 bits per heavy atom. The summed E-state index contributed by atoms with van der Waals surface area (Å²) in [6.45, 7) is 2.36. The zero-order chi connectivity index (χ0) is 16.2. The second kappa shape index (κ2) is 8.29. The largest absolute Gasteiger partial charge is 0.355 e. The Hall–Kier alpha value is -1.87. The standard InChI is InChI=1S/C17H16ClFN4.ClH/c18-16-7-14(19)3-2-13(16)10-21-15-5-6-23(11-15)17-4-1-12(8-20)9-22-17;/h1-4,7,9,15,21H,5-6,10-11H2;1H/t15-;/m0./s1. The van der Waals surface area contributed by atoms with Gasteiger partial charge in [0, 0.05) is 36.9 Å². The maximum atomic E-state index is 13.0. The average Bonchev–Trinajstić information content (AvgIpc) is 3.03. The topological polar surface area (TPSA) is 52.0 Å². The Kier molecular flexibility index (Phi) is 6.38. The van der Waals surface area contributed by atoms with Crippen molar-refractivity contribution in [1.82, 2.24) is 10.3 Å². The van der Waals surface area contributed by atoms with Crippen LogP contribution in [0.4, 0.5) is 10.2 Å². The van der Waals surface area contributed by atoms with Gasteiger partial charge in [-0.3, -0.25) is 0 Å². The minimum Gasteiger partial charge on any atom is -0.355 e. The highest BCUT2D eigenvalue weighted by Crippen LogP contribution is 2.20. The molecular formula is C17H17Cl2FN4. The quantitative estimate of drug-likeness (QED) is 0.898. The van der Waals surface area contributed by atoms with E-state index in [9.17, 15) is 4.39 Å². The molecule has 24 heavy (non-hydrogen) atoms. The molecule has 1 aromatic heterocycles. The summed E-state index contributed by atoms with van der Waals surface area (Å²) in [5, 5.41) is 12.7. The van der Waals surface area contributed by atoms with Crippen molar-refractivity contribution in [2.24, 2.45) is 0 Å². The van der Waals surface area contributed by atoms with Crippen LogP contribution in [0, 0.1) is 17.1 Å². The summed E-state index contributed by atoms with van der Waals surface area (Å²) in [6, 6.07) is 10.5. The van der Waals surface area contributed by atoms with Gasteiger partial charge >= 0.3 is 0 Å². The molecule has 1 N–H and O–H groups in total. The molecule has 0 aliphatic carbocycles. The van der Waals surface area contributed by atoms with Crippen molar-refractivity contribution in [2.75, 3.05) is 18.0 Å². The molecule has 1 fully saturated rings. The van der Waals surface area contributed by atoms with Gasteiger partial charge in [0.15, 0.2) is 0 Å². The summed E-state index contributed by atoms with van der Waals surface area (Å²) in [5.41, 5.74) is 1.46. The molecule has 126 valence electrons. The molecule has 0 saturated carbocycles. The van der Waals surface area contributed by atoms with E-state index in [1.165, 1.54) is 12.1 Å². The number of nitriles is 1. The maximum Gasteiger partial charge on any atom is 0.128 e. The Bertz CT molecular complexity index is 730. The molecule has 0 spiro atoms. The van der Waals surface area contributed by atoms with E-state index in [1.807, 2.05) is 6.07 Å². The third-order valence-corrected chi connectivity index (χ3v) is 4.34. The molecule has 1 aliphatic rings. The Balaban J connectivity index is 0.00000208. The van der Waals surface area contributed by atoms with E-state index in [0.717, 1.165) is 30.9 Å². The first-order chi connectivity index (χ1) is 11.2. The number of anilines is 1. The fourth-order valence-electron chi connectivity index (χ4n) is 2.69. The average molecular weight is 367 g/mol. The van der Waals surface area contributed by atoms with Gasteiger partial charge < -0.3 is 10.2 Å². The van der Waals surface area contributed by atoms with Gasteiger partial charge in [-0.25, -0.2) is 9.37 Å². The Labute approximate surface area is 151 Å². The Morgan fingerprint density at radius 1 is 1.38 bits per heavy atom. The van der Waals surface area contributed by atoms with Crippen molar-refractivity contribution in [3.63, 3.8) is 0 Å². The van der Waals surface area contributed by atoms with Crippen LogP contribution in [0.3, 0.4) is 0 Å². The predicted molar refractivity (Wildman–Crippen MR) is 95.1 cm³/mol. The summed E-state index contributed by atoms with van der Waals surface area (Å²) in [4.78, 5) is 6.51. The molecule has 3 rings (SSSR count). The van der Waals surface area contributed by atoms with Crippen LogP contribution in [0.2, 0.25) is 5.02 Å². The van der Waals surface area contributed by atoms with E-state index in [1.54, 1.807) is 18.3 Å². The van der Waals surface area contributed by atoms with Gasteiger partial charge in [-0.05, 0) is 36.2 Å². The van der Waals surface area contributed by atoms with E-state index in [-0.39, 0.29) is 18.2 Å². The predicted octanol–water partition coefficient (Wildman–Crippen LogP) is 3.54. The number of benzene rings is 1. The monoisotopic (exact) mass is 366 g/mol. The number of hydrogen-bond donors (Lipinski definition) is 1. The van der Waals surface area contributed by atoms with Crippen LogP contribution in [-0.4, -0.2) is 24.1 Å². The maximum absolute atomic E-state index is 13.0. The number of nitrogens with zero attached hydrogens (tertiary/aromatic N) is 3. The van der Waals surface area contributed by atoms with Gasteiger partial charge in [-0.15, -0.1) is 12.4 Å². The van der Waals surface area contributed by atoms with Crippen LogP contribution in [0.25, 0.3) is 0 Å². The van der Waals surface area contributed by atoms with Crippen LogP contribution >= 0.6 is 24.0 Å². The van der Waals surface area contributed by atoms with E-state index in [0.29, 0.717) is 23.2 Å². The second-order valence-corrected chi connectivity index (χ2v) is 5.97. The first-order valence-electron chi connectivity index (χ1n) is 7.44. The minimum absolute atomic E-state index is 0. The molecular weight excluding hydrogens is 350 g/mol. The van der Waals surface area contributed by atoms with E-state index < -0.39 is 0 Å². The molecule has 2 heterocycles. The van der Waals surface area contributed by atoms with Crippen molar-refractivity contribution >= 4 is 29.8 Å². The molecule has 1 aliphatic heterocycles. The Morgan fingerprint density at radius 3 is 2.88 bits per heavy atom.